The van der Waals surface area contributed by atoms with Gasteiger partial charge in [-0.2, -0.15) is 0 Å². The molecular formula is C28H32N2O5. The minimum Gasteiger partial charge on any atom is -0.497 e. The highest BCUT2D eigenvalue weighted by molar-refractivity contribution is 5.98. The smallest absolute Gasteiger partial charge is 0.230 e. The number of benzene rings is 2. The van der Waals surface area contributed by atoms with Gasteiger partial charge in [-0.25, -0.2) is 0 Å². The molecule has 184 valence electrons. The lowest BCUT2D eigenvalue weighted by atomic mass is 9.92. The van der Waals surface area contributed by atoms with E-state index < -0.39 is 5.92 Å². The molecule has 2 aromatic carbocycles. The van der Waals surface area contributed by atoms with Crippen molar-refractivity contribution in [2.24, 2.45) is 5.92 Å². The second kappa shape index (κ2) is 11.7. The van der Waals surface area contributed by atoms with E-state index in [0.717, 1.165) is 35.5 Å². The molecule has 35 heavy (non-hydrogen) atoms. The van der Waals surface area contributed by atoms with E-state index >= 15 is 0 Å². The average Bonchev–Trinajstić information content (AvgIpc) is 3.51. The molecule has 2 atom stereocenters. The highest BCUT2D eigenvalue weighted by Gasteiger charge is 2.44. The number of nitrogens with zero attached hydrogens (tertiary/aromatic N) is 1. The number of carbonyl (C=O) groups excluding carboxylic acids is 2. The van der Waals surface area contributed by atoms with E-state index in [1.807, 2.05) is 65.6 Å². The van der Waals surface area contributed by atoms with Gasteiger partial charge in [0.15, 0.2) is 0 Å². The van der Waals surface area contributed by atoms with Crippen molar-refractivity contribution in [2.75, 3.05) is 19.0 Å². The second-order valence-corrected chi connectivity index (χ2v) is 8.73. The summed E-state index contributed by atoms with van der Waals surface area (Å²) in [5.74, 6) is 0.876. The summed E-state index contributed by atoms with van der Waals surface area (Å²) < 4.78 is 16.3. The largest absolute Gasteiger partial charge is 0.497 e. The van der Waals surface area contributed by atoms with Gasteiger partial charge in [-0.3, -0.25) is 9.59 Å². The molecule has 1 aliphatic rings. The Kier molecular flexibility index (Phi) is 8.21. The number of carbonyl (C=O) groups is 2. The maximum Gasteiger partial charge on any atom is 0.230 e. The molecule has 7 nitrogen and oxygen atoms in total. The second-order valence-electron chi connectivity index (χ2n) is 8.73. The highest BCUT2D eigenvalue weighted by atomic mass is 16.5. The van der Waals surface area contributed by atoms with Crippen LogP contribution in [-0.2, 0) is 27.5 Å². The Morgan fingerprint density at radius 3 is 2.66 bits per heavy atom. The standard InChI is InChI=1S/C28H32N2O5/c1-3-4-14-30-26(31)17-25(27(30)21-10-12-23(33-2)13-11-21)28(32)29-22-8-5-7-20(16-22)18-34-19-24-9-6-15-35-24/h5-13,15-16,25,27H,3-4,14,17-19H2,1-2H3,(H,29,32). The molecule has 2 amide bonds. The van der Waals surface area contributed by atoms with Gasteiger partial charge in [0.2, 0.25) is 11.8 Å². The average molecular weight is 477 g/mol. The maximum absolute atomic E-state index is 13.4. The summed E-state index contributed by atoms with van der Waals surface area (Å²) >= 11 is 0. The quantitative estimate of drug-likeness (QED) is 0.404. The van der Waals surface area contributed by atoms with Gasteiger partial charge in [-0.1, -0.05) is 37.6 Å². The number of ether oxygens (including phenoxy) is 2. The number of amides is 2. The monoisotopic (exact) mass is 476 g/mol. The van der Waals surface area contributed by atoms with E-state index in [-0.39, 0.29) is 24.3 Å². The Hall–Kier alpha value is -3.58. The van der Waals surface area contributed by atoms with Crippen LogP contribution in [0, 0.1) is 5.92 Å². The Balaban J connectivity index is 1.46. The van der Waals surface area contributed by atoms with Crippen LogP contribution >= 0.6 is 0 Å². The zero-order valence-corrected chi connectivity index (χ0v) is 20.2. The van der Waals surface area contributed by atoms with Gasteiger partial charge in [-0.05, 0) is 53.9 Å². The van der Waals surface area contributed by atoms with Crippen LogP contribution in [-0.4, -0.2) is 30.4 Å². The molecule has 3 aromatic rings. The van der Waals surface area contributed by atoms with E-state index in [1.165, 1.54) is 0 Å². The van der Waals surface area contributed by atoms with Crippen molar-refractivity contribution >= 4 is 17.5 Å². The van der Waals surface area contributed by atoms with Crippen molar-refractivity contribution in [3.63, 3.8) is 0 Å². The van der Waals surface area contributed by atoms with Gasteiger partial charge >= 0.3 is 0 Å². The van der Waals surface area contributed by atoms with Crippen LogP contribution in [0.3, 0.4) is 0 Å². The van der Waals surface area contributed by atoms with E-state index in [9.17, 15) is 9.59 Å². The molecule has 1 aliphatic heterocycles. The fourth-order valence-corrected chi connectivity index (χ4v) is 4.47. The van der Waals surface area contributed by atoms with Crippen LogP contribution in [0.4, 0.5) is 5.69 Å². The Bertz CT molecular complexity index is 1110. The molecule has 1 aromatic heterocycles. The van der Waals surface area contributed by atoms with Crippen LogP contribution < -0.4 is 10.1 Å². The topological polar surface area (TPSA) is 81.0 Å². The van der Waals surface area contributed by atoms with Crippen molar-refractivity contribution in [3.05, 3.63) is 83.8 Å². The normalized spacial score (nSPS) is 17.5. The van der Waals surface area contributed by atoms with Crippen LogP contribution in [0.2, 0.25) is 0 Å². The number of anilines is 1. The number of methoxy groups -OCH3 is 1. The lowest BCUT2D eigenvalue weighted by Crippen LogP contribution is -2.33. The molecule has 7 heteroatoms. The van der Waals surface area contributed by atoms with Crippen LogP contribution in [0.5, 0.6) is 5.75 Å². The van der Waals surface area contributed by atoms with E-state index in [2.05, 4.69) is 12.2 Å². The Morgan fingerprint density at radius 2 is 1.94 bits per heavy atom. The number of furan rings is 1. The van der Waals surface area contributed by atoms with Crippen molar-refractivity contribution in [2.45, 2.75) is 45.4 Å². The summed E-state index contributed by atoms with van der Waals surface area (Å²) in [5.41, 5.74) is 2.56. The number of unbranched alkanes of at least 4 members (excludes halogenated alkanes) is 1. The minimum absolute atomic E-state index is 0.0134. The lowest BCUT2D eigenvalue weighted by molar-refractivity contribution is -0.129. The fourth-order valence-electron chi connectivity index (χ4n) is 4.47. The van der Waals surface area contributed by atoms with Gasteiger partial charge in [0.25, 0.3) is 0 Å². The third kappa shape index (κ3) is 6.11. The number of nitrogens with one attached hydrogen (secondary N) is 1. The van der Waals surface area contributed by atoms with Crippen molar-refractivity contribution < 1.29 is 23.5 Å². The summed E-state index contributed by atoms with van der Waals surface area (Å²) in [7, 11) is 1.62. The molecule has 4 rings (SSSR count). The molecule has 0 aliphatic carbocycles. The number of hydrogen-bond acceptors (Lipinski definition) is 5. The predicted molar refractivity (Wildman–Crippen MR) is 133 cm³/mol. The predicted octanol–water partition coefficient (Wildman–Crippen LogP) is 5.33. The first-order chi connectivity index (χ1) is 17.1. The highest BCUT2D eigenvalue weighted by Crippen LogP contribution is 2.39. The third-order valence-electron chi connectivity index (χ3n) is 6.27. The zero-order chi connectivity index (χ0) is 24.6. The van der Waals surface area contributed by atoms with E-state index in [4.69, 9.17) is 13.9 Å². The van der Waals surface area contributed by atoms with Gasteiger partial charge < -0.3 is 24.1 Å². The van der Waals surface area contributed by atoms with Crippen molar-refractivity contribution in [3.8, 4) is 5.75 Å². The maximum atomic E-state index is 13.4. The summed E-state index contributed by atoms with van der Waals surface area (Å²) in [6.45, 7) is 3.51. The first kappa shape index (κ1) is 24.5. The molecule has 1 saturated heterocycles. The Labute approximate surface area is 206 Å². The lowest BCUT2D eigenvalue weighted by Gasteiger charge is -2.28. The van der Waals surface area contributed by atoms with Crippen LogP contribution in [0.25, 0.3) is 0 Å². The number of rotatable bonds is 11. The molecular weight excluding hydrogens is 444 g/mol. The molecule has 2 unspecified atom stereocenters. The molecule has 1 fully saturated rings. The summed E-state index contributed by atoms with van der Waals surface area (Å²) in [5, 5.41) is 3.03. The first-order valence-electron chi connectivity index (χ1n) is 12.0. The third-order valence-corrected chi connectivity index (χ3v) is 6.27. The zero-order valence-electron chi connectivity index (χ0n) is 20.2. The number of likely N-dealkylation sites (tertiary alicyclic amines) is 1. The van der Waals surface area contributed by atoms with Gasteiger partial charge in [0.05, 0.1) is 31.9 Å². The van der Waals surface area contributed by atoms with Gasteiger partial charge in [-0.15, -0.1) is 0 Å². The minimum atomic E-state index is -0.480. The van der Waals surface area contributed by atoms with E-state index in [0.29, 0.717) is 25.4 Å². The van der Waals surface area contributed by atoms with Crippen molar-refractivity contribution in [1.29, 1.82) is 0 Å². The van der Waals surface area contributed by atoms with Crippen LogP contribution in [0.1, 0.15) is 49.1 Å². The first-order valence-corrected chi connectivity index (χ1v) is 12.0. The fraction of sp³-hybridized carbons (Fsp3) is 0.357. The van der Waals surface area contributed by atoms with Crippen LogP contribution in [0.15, 0.2) is 71.3 Å². The van der Waals surface area contributed by atoms with Gasteiger partial charge in [0, 0.05) is 18.7 Å². The molecule has 0 bridgehead atoms. The van der Waals surface area contributed by atoms with Crippen molar-refractivity contribution in [1.82, 2.24) is 4.90 Å². The molecule has 1 N–H and O–H groups in total. The molecule has 2 heterocycles. The molecule has 0 spiro atoms. The summed E-state index contributed by atoms with van der Waals surface area (Å²) in [6.07, 6.45) is 3.68. The Morgan fingerprint density at radius 1 is 1.11 bits per heavy atom. The SMILES string of the molecule is CCCCN1C(=O)CC(C(=O)Nc2cccc(COCc3ccco3)c2)C1c1ccc(OC)cc1. The molecule has 0 saturated carbocycles. The molecule has 0 radical (unpaired) electrons. The van der Waals surface area contributed by atoms with Gasteiger partial charge in [0.1, 0.15) is 18.1 Å². The summed E-state index contributed by atoms with van der Waals surface area (Å²) in [4.78, 5) is 28.2. The summed E-state index contributed by atoms with van der Waals surface area (Å²) in [6, 6.07) is 18.6. The van der Waals surface area contributed by atoms with E-state index in [1.54, 1.807) is 13.4 Å². The number of hydrogen-bond donors (Lipinski definition) is 1.